The molecule has 1 aromatic rings. The van der Waals surface area contributed by atoms with E-state index in [0.717, 1.165) is 38.5 Å². The second-order valence-corrected chi connectivity index (χ2v) is 8.39. The molecule has 0 spiro atoms. The first-order chi connectivity index (χ1) is 12.0. The number of carboxylic acids is 1. The number of aromatic carboxylic acids is 1. The molecule has 1 aromatic carbocycles. The lowest BCUT2D eigenvalue weighted by Crippen LogP contribution is -2.32. The van der Waals surface area contributed by atoms with Gasteiger partial charge in [0.1, 0.15) is 0 Å². The first-order valence-electron chi connectivity index (χ1n) is 8.71. The fourth-order valence-corrected chi connectivity index (χ4v) is 4.47. The number of hydrogen-bond donors (Lipinski definition) is 3. The minimum Gasteiger partial charge on any atom is -0.478 e. The van der Waals surface area contributed by atoms with Gasteiger partial charge in [-0.2, -0.15) is 0 Å². The van der Waals surface area contributed by atoms with Crippen LogP contribution < -0.4 is 10.0 Å². The third-order valence-corrected chi connectivity index (χ3v) is 6.19. The van der Waals surface area contributed by atoms with Gasteiger partial charge in [0.05, 0.1) is 16.6 Å². The van der Waals surface area contributed by atoms with Gasteiger partial charge in [0.25, 0.3) is 0 Å². The zero-order valence-electron chi connectivity index (χ0n) is 14.0. The Labute approximate surface area is 147 Å². The zero-order chi connectivity index (χ0) is 17.9. The summed E-state index contributed by atoms with van der Waals surface area (Å²) in [4.78, 5) is 11.5. The van der Waals surface area contributed by atoms with Crippen LogP contribution >= 0.6 is 0 Å². The average Bonchev–Trinajstić information content (AvgIpc) is 3.26. The van der Waals surface area contributed by atoms with Gasteiger partial charge in [-0.15, -0.1) is 0 Å². The first kappa shape index (κ1) is 18.2. The van der Waals surface area contributed by atoms with Crippen molar-refractivity contribution in [3.8, 4) is 0 Å². The summed E-state index contributed by atoms with van der Waals surface area (Å²) in [7, 11) is -3.77. The Morgan fingerprint density at radius 3 is 2.60 bits per heavy atom. The van der Waals surface area contributed by atoms with Crippen molar-refractivity contribution in [2.45, 2.75) is 55.6 Å². The number of anilines is 1. The zero-order valence-corrected chi connectivity index (χ0v) is 14.8. The lowest BCUT2D eigenvalue weighted by molar-refractivity contribution is 0.0697. The molecule has 25 heavy (non-hydrogen) atoms. The molecule has 0 bridgehead atoms. The fraction of sp³-hybridized carbons (Fsp3) is 0.588. The van der Waals surface area contributed by atoms with E-state index in [1.165, 1.54) is 12.1 Å². The summed E-state index contributed by atoms with van der Waals surface area (Å²) < 4.78 is 32.8. The molecule has 1 aliphatic heterocycles. The minimum absolute atomic E-state index is 0.0214. The van der Waals surface area contributed by atoms with E-state index in [4.69, 9.17) is 4.74 Å². The maximum atomic E-state index is 12.4. The molecule has 1 aliphatic carbocycles. The molecule has 0 amide bonds. The monoisotopic (exact) mass is 368 g/mol. The molecular weight excluding hydrogens is 344 g/mol. The van der Waals surface area contributed by atoms with Crippen molar-refractivity contribution in [1.29, 1.82) is 0 Å². The standard InChI is InChI=1S/C17H24N2O5S/c20-17(21)15-10-14(7-8-16(15)19-12-4-1-2-5-12)25(22,23)18-11-13-6-3-9-24-13/h7-8,10,12-13,18-19H,1-6,9,11H2,(H,20,21). The molecule has 7 nitrogen and oxygen atoms in total. The van der Waals surface area contributed by atoms with Gasteiger partial charge in [0.2, 0.25) is 10.0 Å². The van der Waals surface area contributed by atoms with Crippen molar-refractivity contribution < 1.29 is 23.1 Å². The van der Waals surface area contributed by atoms with E-state index in [0.29, 0.717) is 12.3 Å². The van der Waals surface area contributed by atoms with E-state index in [2.05, 4.69) is 10.0 Å². The maximum Gasteiger partial charge on any atom is 0.337 e. The number of carboxylic acid groups (broad SMARTS) is 1. The molecule has 3 N–H and O–H groups in total. The first-order valence-corrected chi connectivity index (χ1v) is 10.2. The Morgan fingerprint density at radius 1 is 1.20 bits per heavy atom. The number of carbonyl (C=O) groups is 1. The number of rotatable bonds is 7. The van der Waals surface area contributed by atoms with Crippen molar-refractivity contribution in [3.63, 3.8) is 0 Å². The molecule has 1 atom stereocenters. The van der Waals surface area contributed by atoms with Gasteiger partial charge in [-0.3, -0.25) is 0 Å². The van der Waals surface area contributed by atoms with Crippen molar-refractivity contribution in [1.82, 2.24) is 4.72 Å². The highest BCUT2D eigenvalue weighted by Crippen LogP contribution is 2.26. The van der Waals surface area contributed by atoms with Crippen LogP contribution in [0, 0.1) is 0 Å². The van der Waals surface area contributed by atoms with Crippen LogP contribution in [-0.2, 0) is 14.8 Å². The van der Waals surface area contributed by atoms with Crippen LogP contribution in [0.3, 0.4) is 0 Å². The van der Waals surface area contributed by atoms with Crippen LogP contribution in [-0.4, -0.2) is 44.8 Å². The summed E-state index contributed by atoms with van der Waals surface area (Å²) in [6.45, 7) is 0.851. The highest BCUT2D eigenvalue weighted by molar-refractivity contribution is 7.89. The second-order valence-electron chi connectivity index (χ2n) is 6.63. The molecule has 1 unspecified atom stereocenters. The predicted octanol–water partition coefficient (Wildman–Crippen LogP) is 2.20. The normalized spacial score (nSPS) is 21.5. The average molecular weight is 368 g/mol. The number of ether oxygens (including phenoxy) is 1. The van der Waals surface area contributed by atoms with Gasteiger partial charge in [-0.25, -0.2) is 17.9 Å². The lowest BCUT2D eigenvalue weighted by Gasteiger charge is -2.17. The number of hydrogen-bond acceptors (Lipinski definition) is 5. The highest BCUT2D eigenvalue weighted by Gasteiger charge is 2.23. The molecule has 3 rings (SSSR count). The van der Waals surface area contributed by atoms with Crippen LogP contribution in [0.1, 0.15) is 48.9 Å². The Morgan fingerprint density at radius 2 is 1.96 bits per heavy atom. The summed E-state index contributed by atoms with van der Waals surface area (Å²) >= 11 is 0. The predicted molar refractivity (Wildman–Crippen MR) is 93.4 cm³/mol. The van der Waals surface area contributed by atoms with E-state index in [1.807, 2.05) is 0 Å². The molecule has 1 heterocycles. The topological polar surface area (TPSA) is 105 Å². The van der Waals surface area contributed by atoms with Crippen molar-refractivity contribution in [2.24, 2.45) is 0 Å². The molecule has 1 saturated heterocycles. The number of benzene rings is 1. The van der Waals surface area contributed by atoms with E-state index in [9.17, 15) is 18.3 Å². The van der Waals surface area contributed by atoms with E-state index in [-0.39, 0.29) is 29.1 Å². The Bertz CT molecular complexity index is 723. The van der Waals surface area contributed by atoms with E-state index >= 15 is 0 Å². The SMILES string of the molecule is O=C(O)c1cc(S(=O)(=O)NCC2CCCO2)ccc1NC1CCCC1. The van der Waals surface area contributed by atoms with Gasteiger partial charge < -0.3 is 15.2 Å². The highest BCUT2D eigenvalue weighted by atomic mass is 32.2. The van der Waals surface area contributed by atoms with Gasteiger partial charge in [0, 0.05) is 24.9 Å². The summed E-state index contributed by atoms with van der Waals surface area (Å²) in [5, 5.41) is 12.7. The number of sulfonamides is 1. The van der Waals surface area contributed by atoms with Gasteiger partial charge in [-0.1, -0.05) is 12.8 Å². The molecule has 138 valence electrons. The van der Waals surface area contributed by atoms with Crippen LogP contribution in [0.2, 0.25) is 0 Å². The van der Waals surface area contributed by atoms with Gasteiger partial charge >= 0.3 is 5.97 Å². The fourth-order valence-electron chi connectivity index (χ4n) is 3.37. The summed E-state index contributed by atoms with van der Waals surface area (Å²) in [6, 6.07) is 4.46. The second kappa shape index (κ2) is 7.72. The Balaban J connectivity index is 1.76. The van der Waals surface area contributed by atoms with E-state index in [1.54, 1.807) is 6.07 Å². The van der Waals surface area contributed by atoms with E-state index < -0.39 is 16.0 Å². The molecule has 2 aliphatic rings. The largest absolute Gasteiger partial charge is 0.478 e. The van der Waals surface area contributed by atoms with Gasteiger partial charge in [-0.05, 0) is 43.9 Å². The van der Waals surface area contributed by atoms with Crippen molar-refractivity contribution >= 4 is 21.7 Å². The molecule has 2 fully saturated rings. The Kier molecular flexibility index (Phi) is 5.61. The lowest BCUT2D eigenvalue weighted by atomic mass is 10.1. The van der Waals surface area contributed by atoms with Crippen LogP contribution in [0.25, 0.3) is 0 Å². The van der Waals surface area contributed by atoms with Gasteiger partial charge in [0.15, 0.2) is 0 Å². The molecule has 8 heteroatoms. The van der Waals surface area contributed by atoms with Crippen molar-refractivity contribution in [3.05, 3.63) is 23.8 Å². The number of nitrogens with one attached hydrogen (secondary N) is 2. The quantitative estimate of drug-likeness (QED) is 0.681. The van der Waals surface area contributed by atoms with Crippen LogP contribution in [0.5, 0.6) is 0 Å². The van der Waals surface area contributed by atoms with Crippen LogP contribution in [0.15, 0.2) is 23.1 Å². The molecule has 0 radical (unpaired) electrons. The summed E-state index contributed by atoms with van der Waals surface area (Å²) in [6.07, 6.45) is 5.89. The third kappa shape index (κ3) is 4.50. The minimum atomic E-state index is -3.77. The van der Waals surface area contributed by atoms with Crippen molar-refractivity contribution in [2.75, 3.05) is 18.5 Å². The maximum absolute atomic E-state index is 12.4. The Hall–Kier alpha value is -1.64. The molecule has 0 aromatic heterocycles. The molecular formula is C17H24N2O5S. The summed E-state index contributed by atoms with van der Waals surface area (Å²) in [5.74, 6) is -1.14. The third-order valence-electron chi connectivity index (χ3n) is 4.77. The molecule has 1 saturated carbocycles. The summed E-state index contributed by atoms with van der Waals surface area (Å²) in [5.41, 5.74) is 0.448. The van der Waals surface area contributed by atoms with Crippen LogP contribution in [0.4, 0.5) is 5.69 Å². The smallest absolute Gasteiger partial charge is 0.337 e.